The van der Waals surface area contributed by atoms with Crippen LogP contribution >= 0.6 is 0 Å². The second-order valence-corrected chi connectivity index (χ2v) is 5.48. The molecular formula is C11H20F3N3. The lowest BCUT2D eigenvalue weighted by atomic mass is 9.93. The van der Waals surface area contributed by atoms with E-state index in [4.69, 9.17) is 5.41 Å². The van der Waals surface area contributed by atoms with Crippen molar-refractivity contribution in [1.29, 1.82) is 5.41 Å². The van der Waals surface area contributed by atoms with Crippen LogP contribution in [0.25, 0.3) is 0 Å². The third kappa shape index (κ3) is 4.53. The highest BCUT2D eigenvalue weighted by Gasteiger charge is 2.33. The fourth-order valence-corrected chi connectivity index (χ4v) is 1.86. The van der Waals surface area contributed by atoms with Crippen molar-refractivity contribution in [3.05, 3.63) is 0 Å². The number of rotatable bonds is 1. The van der Waals surface area contributed by atoms with Gasteiger partial charge in [-0.3, -0.25) is 10.3 Å². The SMILES string of the molecule is CC(C)(C)C(=N)N1CCN(CC(F)(F)F)CC1. The van der Waals surface area contributed by atoms with Crippen LogP contribution in [0, 0.1) is 10.8 Å². The van der Waals surface area contributed by atoms with Crippen molar-refractivity contribution in [1.82, 2.24) is 9.80 Å². The van der Waals surface area contributed by atoms with Crippen molar-refractivity contribution < 1.29 is 13.2 Å². The van der Waals surface area contributed by atoms with Crippen molar-refractivity contribution in [2.45, 2.75) is 26.9 Å². The van der Waals surface area contributed by atoms with Crippen LogP contribution in [0.1, 0.15) is 20.8 Å². The smallest absolute Gasteiger partial charge is 0.358 e. The second-order valence-electron chi connectivity index (χ2n) is 5.48. The zero-order chi connectivity index (χ0) is 13.3. The van der Waals surface area contributed by atoms with Gasteiger partial charge in [0.1, 0.15) is 5.84 Å². The maximum absolute atomic E-state index is 12.2. The minimum atomic E-state index is -4.13. The number of hydrogen-bond acceptors (Lipinski definition) is 2. The number of halogens is 3. The van der Waals surface area contributed by atoms with Gasteiger partial charge in [-0.15, -0.1) is 0 Å². The fraction of sp³-hybridized carbons (Fsp3) is 0.909. The van der Waals surface area contributed by atoms with Gasteiger partial charge in [-0.05, 0) is 0 Å². The molecule has 1 N–H and O–H groups in total. The maximum Gasteiger partial charge on any atom is 0.401 e. The predicted molar refractivity (Wildman–Crippen MR) is 61.2 cm³/mol. The van der Waals surface area contributed by atoms with E-state index in [1.807, 2.05) is 25.7 Å². The van der Waals surface area contributed by atoms with Gasteiger partial charge < -0.3 is 4.90 Å². The van der Waals surface area contributed by atoms with Gasteiger partial charge in [0.15, 0.2) is 0 Å². The molecule has 3 nitrogen and oxygen atoms in total. The molecule has 100 valence electrons. The van der Waals surface area contributed by atoms with E-state index in [1.54, 1.807) is 0 Å². The van der Waals surface area contributed by atoms with E-state index in [0.717, 1.165) is 0 Å². The number of amidine groups is 1. The summed E-state index contributed by atoms with van der Waals surface area (Å²) in [5.74, 6) is 0.504. The fourth-order valence-electron chi connectivity index (χ4n) is 1.86. The summed E-state index contributed by atoms with van der Waals surface area (Å²) < 4.78 is 36.6. The van der Waals surface area contributed by atoms with E-state index < -0.39 is 12.7 Å². The lowest BCUT2D eigenvalue weighted by Gasteiger charge is -2.39. The van der Waals surface area contributed by atoms with Crippen LogP contribution in [0.4, 0.5) is 13.2 Å². The van der Waals surface area contributed by atoms with E-state index in [9.17, 15) is 13.2 Å². The van der Waals surface area contributed by atoms with E-state index in [1.165, 1.54) is 4.90 Å². The normalized spacial score (nSPS) is 19.5. The third-order valence-electron chi connectivity index (χ3n) is 2.80. The molecule has 1 aliphatic rings. The standard InChI is InChI=1S/C11H20F3N3/c1-10(2,3)9(15)17-6-4-16(5-7-17)8-11(12,13)14/h15H,4-8H2,1-3H3. The van der Waals surface area contributed by atoms with Crippen molar-refractivity contribution in [3.63, 3.8) is 0 Å². The molecule has 0 bridgehead atoms. The van der Waals surface area contributed by atoms with E-state index in [0.29, 0.717) is 32.0 Å². The number of nitrogens with zero attached hydrogens (tertiary/aromatic N) is 2. The number of hydrogen-bond donors (Lipinski definition) is 1. The van der Waals surface area contributed by atoms with Crippen LogP contribution in [-0.4, -0.2) is 54.5 Å². The molecule has 0 radical (unpaired) electrons. The molecule has 0 atom stereocenters. The molecule has 1 saturated heterocycles. The summed E-state index contributed by atoms with van der Waals surface area (Å²) in [5, 5.41) is 7.97. The number of nitrogens with one attached hydrogen (secondary N) is 1. The Balaban J connectivity index is 2.44. The zero-order valence-electron chi connectivity index (χ0n) is 10.6. The Morgan fingerprint density at radius 3 is 1.88 bits per heavy atom. The average Bonchev–Trinajstić information content (AvgIpc) is 2.14. The van der Waals surface area contributed by atoms with E-state index >= 15 is 0 Å². The Bertz CT molecular complexity index is 273. The molecule has 0 aromatic carbocycles. The minimum absolute atomic E-state index is 0.244. The van der Waals surface area contributed by atoms with Gasteiger partial charge >= 0.3 is 6.18 Å². The lowest BCUT2D eigenvalue weighted by molar-refractivity contribution is -0.148. The monoisotopic (exact) mass is 251 g/mol. The van der Waals surface area contributed by atoms with Crippen LogP contribution in [0.5, 0.6) is 0 Å². The highest BCUT2D eigenvalue weighted by molar-refractivity contribution is 5.84. The Hall–Kier alpha value is -0.780. The molecule has 0 amide bonds. The van der Waals surface area contributed by atoms with Crippen molar-refractivity contribution in [3.8, 4) is 0 Å². The highest BCUT2D eigenvalue weighted by atomic mass is 19.4. The molecule has 6 heteroatoms. The van der Waals surface area contributed by atoms with Gasteiger partial charge in [0.25, 0.3) is 0 Å². The largest absolute Gasteiger partial charge is 0.401 e. The second kappa shape index (κ2) is 4.84. The van der Waals surface area contributed by atoms with Crippen molar-refractivity contribution in [2.24, 2.45) is 5.41 Å². The molecular weight excluding hydrogens is 231 g/mol. The number of alkyl halides is 3. The summed E-state index contributed by atoms with van der Waals surface area (Å²) in [4.78, 5) is 3.26. The van der Waals surface area contributed by atoms with Crippen LogP contribution in [-0.2, 0) is 0 Å². The third-order valence-corrected chi connectivity index (χ3v) is 2.80. The van der Waals surface area contributed by atoms with Gasteiger partial charge in [0.2, 0.25) is 0 Å². The molecule has 0 spiro atoms. The summed E-state index contributed by atoms with van der Waals surface area (Å²) in [6.07, 6.45) is -4.13. The van der Waals surface area contributed by atoms with Gasteiger partial charge in [0, 0.05) is 31.6 Å². The maximum atomic E-state index is 12.2. The molecule has 0 aromatic rings. The van der Waals surface area contributed by atoms with Crippen LogP contribution in [0.3, 0.4) is 0 Å². The molecule has 1 heterocycles. The first kappa shape index (κ1) is 14.3. The van der Waals surface area contributed by atoms with Gasteiger partial charge in [-0.2, -0.15) is 13.2 Å². The first-order chi connectivity index (χ1) is 7.59. The Kier molecular flexibility index (Phi) is 4.06. The van der Waals surface area contributed by atoms with Gasteiger partial charge in [-0.1, -0.05) is 20.8 Å². The molecule has 0 unspecified atom stereocenters. The summed E-state index contributed by atoms with van der Waals surface area (Å²) >= 11 is 0. The van der Waals surface area contributed by atoms with Gasteiger partial charge in [-0.25, -0.2) is 0 Å². The first-order valence-corrected chi connectivity index (χ1v) is 5.73. The molecule has 1 fully saturated rings. The molecule has 0 saturated carbocycles. The Morgan fingerprint density at radius 1 is 1.06 bits per heavy atom. The summed E-state index contributed by atoms with van der Waals surface area (Å²) in [6, 6.07) is 0. The predicted octanol–water partition coefficient (Wildman–Crippen LogP) is 2.19. The van der Waals surface area contributed by atoms with Crippen LogP contribution < -0.4 is 0 Å². The lowest BCUT2D eigenvalue weighted by Crippen LogP contribution is -2.53. The highest BCUT2D eigenvalue weighted by Crippen LogP contribution is 2.21. The first-order valence-electron chi connectivity index (χ1n) is 5.73. The Morgan fingerprint density at radius 2 is 1.53 bits per heavy atom. The molecule has 1 rings (SSSR count). The molecule has 0 aliphatic carbocycles. The summed E-state index contributed by atoms with van der Waals surface area (Å²) in [7, 11) is 0. The van der Waals surface area contributed by atoms with E-state index in [-0.39, 0.29) is 5.41 Å². The quantitative estimate of drug-likeness (QED) is 0.572. The van der Waals surface area contributed by atoms with Crippen molar-refractivity contribution >= 4 is 5.84 Å². The average molecular weight is 251 g/mol. The Labute approximate surface area is 100 Å². The molecule has 17 heavy (non-hydrogen) atoms. The van der Waals surface area contributed by atoms with Gasteiger partial charge in [0.05, 0.1) is 6.54 Å². The molecule has 0 aromatic heterocycles. The minimum Gasteiger partial charge on any atom is -0.358 e. The summed E-state index contributed by atoms with van der Waals surface area (Å²) in [6.45, 7) is 6.74. The zero-order valence-corrected chi connectivity index (χ0v) is 10.6. The van der Waals surface area contributed by atoms with Crippen molar-refractivity contribution in [2.75, 3.05) is 32.7 Å². The van der Waals surface area contributed by atoms with Crippen LogP contribution in [0.2, 0.25) is 0 Å². The summed E-state index contributed by atoms with van der Waals surface area (Å²) in [5.41, 5.74) is -0.244. The topological polar surface area (TPSA) is 30.3 Å². The molecule has 1 aliphatic heterocycles. The van der Waals surface area contributed by atoms with E-state index in [2.05, 4.69) is 0 Å². The van der Waals surface area contributed by atoms with Crippen LogP contribution in [0.15, 0.2) is 0 Å². The number of piperazine rings is 1.